The monoisotopic (exact) mass is 801 g/mol. The molecule has 0 radical (unpaired) electrons. The summed E-state index contributed by atoms with van der Waals surface area (Å²) in [6.45, 7) is 0. The first-order chi connectivity index (χ1) is 31.3. The Hall–Kier alpha value is -8.41. The molecule has 0 amide bonds. The molecule has 63 heavy (non-hydrogen) atoms. The molecule has 0 aliphatic heterocycles. The maximum Gasteiger partial charge on any atom is 0.238 e. The van der Waals surface area contributed by atoms with E-state index in [1.165, 1.54) is 55.3 Å². The second-order valence-corrected chi connectivity index (χ2v) is 16.7. The Morgan fingerprint density at radius 2 is 0.825 bits per heavy atom. The van der Waals surface area contributed by atoms with Crippen molar-refractivity contribution in [3.63, 3.8) is 0 Å². The third-order valence-corrected chi connectivity index (χ3v) is 13.6. The number of para-hydroxylation sites is 3. The lowest BCUT2D eigenvalue weighted by atomic mass is 9.70. The van der Waals surface area contributed by atoms with Crippen molar-refractivity contribution in [1.82, 2.24) is 24.1 Å². The Morgan fingerprint density at radius 3 is 1.48 bits per heavy atom. The van der Waals surface area contributed by atoms with Crippen molar-refractivity contribution in [3.05, 3.63) is 235 Å². The molecule has 0 fully saturated rings. The summed E-state index contributed by atoms with van der Waals surface area (Å²) in [6.07, 6.45) is 0. The van der Waals surface area contributed by atoms with Gasteiger partial charge in [-0.3, -0.25) is 4.57 Å². The lowest BCUT2D eigenvalue weighted by Gasteiger charge is -2.30. The van der Waals surface area contributed by atoms with Crippen LogP contribution in [-0.4, -0.2) is 24.1 Å². The van der Waals surface area contributed by atoms with E-state index in [0.29, 0.717) is 17.6 Å². The average Bonchev–Trinajstić information content (AvgIpc) is 4.06. The average molecular weight is 802 g/mol. The van der Waals surface area contributed by atoms with Crippen LogP contribution in [-0.2, 0) is 5.41 Å². The summed E-state index contributed by atoms with van der Waals surface area (Å²) in [7, 11) is 0. The van der Waals surface area contributed by atoms with Gasteiger partial charge in [-0.1, -0.05) is 182 Å². The van der Waals surface area contributed by atoms with Crippen LogP contribution >= 0.6 is 0 Å². The zero-order valence-electron chi connectivity index (χ0n) is 33.9. The molecule has 5 heteroatoms. The highest BCUT2D eigenvalue weighted by Crippen LogP contribution is 2.64. The fourth-order valence-corrected chi connectivity index (χ4v) is 11.1. The zero-order chi connectivity index (χ0) is 41.2. The van der Waals surface area contributed by atoms with Crippen LogP contribution in [0.2, 0.25) is 0 Å². The van der Waals surface area contributed by atoms with Crippen molar-refractivity contribution < 1.29 is 0 Å². The number of hydrogen-bond acceptors (Lipinski definition) is 3. The molecule has 0 saturated heterocycles. The predicted molar refractivity (Wildman–Crippen MR) is 256 cm³/mol. The van der Waals surface area contributed by atoms with Gasteiger partial charge in [0.05, 0.1) is 27.5 Å². The standard InChI is InChI=1S/C58H35N5/c1-2-17-36(18-3-1)55-59-56(37-19-16-20-38(35-37)62-50-30-13-7-23-41(50)42-24-8-14-31-51(42)62)61-57(60-55)63-52-32-15-9-25-43(52)44-33-34-49-53(54(44)63)45-26-6-12-29-48(45)58(49)46-27-10-4-21-39(46)40-22-5-11-28-47(40)58/h1-35H. The fraction of sp³-hybridized carbons (Fsp3) is 0.0172. The molecular weight excluding hydrogens is 767 g/mol. The maximum absolute atomic E-state index is 5.49. The van der Waals surface area contributed by atoms with Gasteiger partial charge in [0.25, 0.3) is 0 Å². The Labute approximate surface area is 362 Å². The van der Waals surface area contributed by atoms with Gasteiger partial charge in [-0.2, -0.15) is 9.97 Å². The first-order valence-corrected chi connectivity index (χ1v) is 21.5. The van der Waals surface area contributed by atoms with Gasteiger partial charge in [0.1, 0.15) is 0 Å². The third kappa shape index (κ3) is 4.57. The molecule has 0 unspecified atom stereocenters. The molecule has 292 valence electrons. The molecule has 5 nitrogen and oxygen atoms in total. The Bertz CT molecular complexity index is 3770. The van der Waals surface area contributed by atoms with Gasteiger partial charge in [0, 0.05) is 43.9 Å². The molecule has 3 aromatic heterocycles. The number of benzene rings is 9. The molecular formula is C58H35N5. The normalized spacial score (nSPS) is 13.2. The summed E-state index contributed by atoms with van der Waals surface area (Å²) in [5.41, 5.74) is 17.0. The maximum atomic E-state index is 5.49. The molecule has 2 aliphatic carbocycles. The minimum Gasteiger partial charge on any atom is -0.309 e. The molecule has 0 bridgehead atoms. The van der Waals surface area contributed by atoms with Crippen molar-refractivity contribution in [2.75, 3.05) is 0 Å². The highest BCUT2D eigenvalue weighted by Gasteiger charge is 2.52. The van der Waals surface area contributed by atoms with Crippen LogP contribution in [0.3, 0.4) is 0 Å². The van der Waals surface area contributed by atoms with Crippen LogP contribution in [0.5, 0.6) is 0 Å². The number of rotatable bonds is 4. The van der Waals surface area contributed by atoms with Gasteiger partial charge >= 0.3 is 0 Å². The van der Waals surface area contributed by atoms with Crippen LogP contribution in [0, 0.1) is 0 Å². The van der Waals surface area contributed by atoms with E-state index in [2.05, 4.69) is 203 Å². The van der Waals surface area contributed by atoms with Crippen molar-refractivity contribution in [1.29, 1.82) is 0 Å². The van der Waals surface area contributed by atoms with E-state index < -0.39 is 5.41 Å². The molecule has 0 N–H and O–H groups in total. The fourth-order valence-electron chi connectivity index (χ4n) is 11.1. The van der Waals surface area contributed by atoms with Crippen LogP contribution in [0.1, 0.15) is 22.3 Å². The first-order valence-electron chi connectivity index (χ1n) is 21.5. The second kappa shape index (κ2) is 12.8. The molecule has 3 heterocycles. The van der Waals surface area contributed by atoms with Gasteiger partial charge in [0.2, 0.25) is 5.95 Å². The largest absolute Gasteiger partial charge is 0.309 e. The Morgan fingerprint density at radius 1 is 0.333 bits per heavy atom. The van der Waals surface area contributed by atoms with Crippen molar-refractivity contribution in [2.45, 2.75) is 5.41 Å². The lowest BCUT2D eigenvalue weighted by Crippen LogP contribution is -2.25. The summed E-state index contributed by atoms with van der Waals surface area (Å²) >= 11 is 0. The lowest BCUT2D eigenvalue weighted by molar-refractivity contribution is 0.794. The summed E-state index contributed by atoms with van der Waals surface area (Å²) in [4.78, 5) is 16.2. The highest BCUT2D eigenvalue weighted by atomic mass is 15.2. The summed E-state index contributed by atoms with van der Waals surface area (Å²) < 4.78 is 4.65. The number of hydrogen-bond donors (Lipinski definition) is 0. The van der Waals surface area contributed by atoms with Crippen LogP contribution in [0.4, 0.5) is 0 Å². The van der Waals surface area contributed by atoms with E-state index in [4.69, 9.17) is 15.0 Å². The van der Waals surface area contributed by atoms with Gasteiger partial charge in [-0.15, -0.1) is 0 Å². The van der Waals surface area contributed by atoms with E-state index >= 15 is 0 Å². The zero-order valence-corrected chi connectivity index (χ0v) is 33.9. The minimum atomic E-state index is -0.485. The topological polar surface area (TPSA) is 48.5 Å². The van der Waals surface area contributed by atoms with Gasteiger partial charge in [-0.25, -0.2) is 4.98 Å². The van der Waals surface area contributed by atoms with Gasteiger partial charge in [-0.05, 0) is 69.3 Å². The second-order valence-electron chi connectivity index (χ2n) is 16.7. The van der Waals surface area contributed by atoms with E-state index in [-0.39, 0.29) is 0 Å². The Balaban J connectivity index is 1.07. The van der Waals surface area contributed by atoms with Crippen LogP contribution in [0.25, 0.3) is 100 Å². The summed E-state index contributed by atoms with van der Waals surface area (Å²) in [6, 6.07) is 76.5. The highest BCUT2D eigenvalue weighted by molar-refractivity contribution is 6.16. The van der Waals surface area contributed by atoms with E-state index in [1.54, 1.807) is 0 Å². The molecule has 1 spiro atoms. The summed E-state index contributed by atoms with van der Waals surface area (Å²) in [5, 5.41) is 4.75. The molecule has 0 atom stereocenters. The first kappa shape index (κ1) is 34.3. The quantitative estimate of drug-likeness (QED) is 0.178. The predicted octanol–water partition coefficient (Wildman–Crippen LogP) is 13.7. The molecule has 12 aromatic rings. The Kier molecular flexibility index (Phi) is 6.97. The van der Waals surface area contributed by atoms with E-state index in [0.717, 1.165) is 49.7 Å². The molecule has 2 aliphatic rings. The van der Waals surface area contributed by atoms with Gasteiger partial charge < -0.3 is 4.57 Å². The van der Waals surface area contributed by atoms with Crippen molar-refractivity contribution >= 4 is 43.6 Å². The van der Waals surface area contributed by atoms with Crippen molar-refractivity contribution in [3.8, 4) is 56.7 Å². The van der Waals surface area contributed by atoms with Crippen molar-refractivity contribution in [2.24, 2.45) is 0 Å². The third-order valence-electron chi connectivity index (χ3n) is 13.6. The van der Waals surface area contributed by atoms with Crippen LogP contribution < -0.4 is 0 Å². The smallest absolute Gasteiger partial charge is 0.238 e. The van der Waals surface area contributed by atoms with E-state index in [1.807, 2.05) is 18.2 Å². The molecule has 0 saturated carbocycles. The van der Waals surface area contributed by atoms with Crippen LogP contribution in [0.15, 0.2) is 212 Å². The number of nitrogens with zero attached hydrogens (tertiary/aromatic N) is 5. The molecule has 14 rings (SSSR count). The minimum absolute atomic E-state index is 0.485. The van der Waals surface area contributed by atoms with Gasteiger partial charge in [0.15, 0.2) is 11.6 Å². The molecule has 9 aromatic carbocycles. The number of aromatic nitrogens is 5. The number of fused-ring (bicyclic) bond motifs is 17. The SMILES string of the molecule is c1ccc(-c2nc(-c3cccc(-n4c5ccccc5c5ccccc54)c3)nc(-n3c4ccccc4c4ccc5c(c43)-c3ccccc3C53c4ccccc4-c4ccccc43)n2)cc1. The van der Waals surface area contributed by atoms with E-state index in [9.17, 15) is 0 Å². The summed E-state index contributed by atoms with van der Waals surface area (Å²) in [5.74, 6) is 1.80.